The number of hydrogen-bond acceptors (Lipinski definition) is 7. The van der Waals surface area contributed by atoms with Gasteiger partial charge in [-0.2, -0.15) is 13.2 Å². The van der Waals surface area contributed by atoms with Gasteiger partial charge in [0.05, 0.1) is 18.7 Å². The molecule has 0 aliphatic heterocycles. The van der Waals surface area contributed by atoms with Crippen LogP contribution in [0, 0.1) is 0 Å². The van der Waals surface area contributed by atoms with Gasteiger partial charge < -0.3 is 35.3 Å². The van der Waals surface area contributed by atoms with E-state index in [1.165, 1.54) is 12.1 Å². The average molecular weight is 732 g/mol. The number of aryl methyl sites for hydroxylation is 1. The van der Waals surface area contributed by atoms with E-state index in [1.54, 1.807) is 62.2 Å². The maximum absolute atomic E-state index is 13.8. The molecule has 0 unspecified atom stereocenters. The van der Waals surface area contributed by atoms with Crippen molar-refractivity contribution in [2.75, 3.05) is 12.4 Å². The summed E-state index contributed by atoms with van der Waals surface area (Å²) in [7, 11) is 3.61. The van der Waals surface area contributed by atoms with Gasteiger partial charge in [-0.05, 0) is 73.5 Å². The summed E-state index contributed by atoms with van der Waals surface area (Å²) in [6.45, 7) is 4.43. The Labute approximate surface area is 297 Å². The van der Waals surface area contributed by atoms with Crippen molar-refractivity contribution >= 4 is 41.2 Å². The molecular weight excluding hydrogens is 695 g/mol. The highest BCUT2D eigenvalue weighted by Gasteiger charge is 2.29. The number of carboxylic acid groups (broad SMARTS) is 1. The zero-order valence-corrected chi connectivity index (χ0v) is 28.9. The van der Waals surface area contributed by atoms with Gasteiger partial charge in [-0.15, -0.1) is 0 Å². The average Bonchev–Trinajstić information content (AvgIpc) is 3.40. The number of esters is 1. The zero-order chi connectivity index (χ0) is 37.9. The molecule has 12 nitrogen and oxygen atoms in total. The van der Waals surface area contributed by atoms with Gasteiger partial charge in [-0.25, -0.2) is 18.7 Å². The molecule has 0 aliphatic carbocycles. The van der Waals surface area contributed by atoms with Gasteiger partial charge in [0.2, 0.25) is 5.91 Å². The van der Waals surface area contributed by atoms with Gasteiger partial charge in [-0.1, -0.05) is 35.9 Å². The number of aliphatic carboxylic acids is 1. The third kappa shape index (κ3) is 12.7. The molecule has 272 valence electrons. The summed E-state index contributed by atoms with van der Waals surface area (Å²) >= 11 is 6.04. The van der Waals surface area contributed by atoms with Crippen molar-refractivity contribution in [1.82, 2.24) is 14.8 Å². The van der Waals surface area contributed by atoms with Gasteiger partial charge >= 0.3 is 18.2 Å². The van der Waals surface area contributed by atoms with Crippen molar-refractivity contribution in [2.24, 2.45) is 7.05 Å². The van der Waals surface area contributed by atoms with E-state index in [-0.39, 0.29) is 24.2 Å². The number of alkyl halides is 3. The molecule has 0 saturated carbocycles. The highest BCUT2D eigenvalue weighted by Crippen LogP contribution is 2.16. The summed E-state index contributed by atoms with van der Waals surface area (Å²) < 4.78 is 40.8. The van der Waals surface area contributed by atoms with E-state index in [4.69, 9.17) is 26.2 Å². The van der Waals surface area contributed by atoms with Gasteiger partial charge in [-0.3, -0.25) is 4.79 Å². The number of carbonyl (C=O) groups excluding carboxylic acids is 4. The number of phenols is 1. The minimum atomic E-state index is -5.19. The number of benzene rings is 3. The Morgan fingerprint density at radius 2 is 1.55 bits per heavy atom. The molecule has 4 rings (SSSR count). The van der Waals surface area contributed by atoms with Crippen molar-refractivity contribution in [3.63, 3.8) is 0 Å². The van der Waals surface area contributed by atoms with Crippen LogP contribution < -0.4 is 20.3 Å². The summed E-state index contributed by atoms with van der Waals surface area (Å²) in [5.41, 5.74) is 2.63. The predicted octanol–water partition coefficient (Wildman–Crippen LogP) is 3.98. The highest BCUT2D eigenvalue weighted by atomic mass is 35.5. The molecule has 3 amide bonds. The Balaban J connectivity index is 0.000000908. The number of carbonyl (C=O) groups is 4. The largest absolute Gasteiger partial charge is 0.542 e. The number of hydrogen-bond donors (Lipinski definition) is 3. The molecule has 0 aliphatic rings. The quantitative estimate of drug-likeness (QED) is 0.156. The number of likely N-dealkylation sites (N-methyl/N-ethyl adjacent to an activating group) is 1. The lowest BCUT2D eigenvalue weighted by Crippen LogP contribution is -2.50. The molecule has 0 bridgehead atoms. The number of urea groups is 1. The van der Waals surface area contributed by atoms with Crippen molar-refractivity contribution in [3.05, 3.63) is 113 Å². The van der Waals surface area contributed by atoms with Crippen molar-refractivity contribution in [2.45, 2.75) is 51.7 Å². The van der Waals surface area contributed by atoms with Crippen LogP contribution in [0.15, 0.2) is 85.2 Å². The van der Waals surface area contributed by atoms with Gasteiger partial charge in [0.25, 0.3) is 5.82 Å². The molecule has 0 fully saturated rings. The molecular formula is C35H37ClF3N5O7. The Hall–Kier alpha value is -5.57. The van der Waals surface area contributed by atoms with E-state index in [9.17, 15) is 32.7 Å². The van der Waals surface area contributed by atoms with Crippen LogP contribution in [0.5, 0.6) is 5.75 Å². The first-order valence-corrected chi connectivity index (χ1v) is 15.8. The van der Waals surface area contributed by atoms with Gasteiger partial charge in [0.15, 0.2) is 0 Å². The number of amides is 3. The number of imidazole rings is 1. The SMILES string of the molecule is CC(C)OC(=O)c1ccc(NC(=O)N[C@@H](Cc2ccc(O)cc2)C(=O)N(C)Cc2n(Cc3ccc(Cl)cc3)cc[n+]2C)cc1.O=C([O-])C(F)(F)F. The van der Waals surface area contributed by atoms with E-state index in [0.29, 0.717) is 29.4 Å². The van der Waals surface area contributed by atoms with Crippen LogP contribution >= 0.6 is 11.6 Å². The number of rotatable bonds is 11. The molecule has 0 radical (unpaired) electrons. The fourth-order valence-corrected chi connectivity index (χ4v) is 4.74. The highest BCUT2D eigenvalue weighted by molar-refractivity contribution is 6.30. The standard InChI is InChI=1S/C33H36ClN5O5.C2HF3O2/c1-22(2)44-32(42)25-9-13-27(14-10-25)35-33(43)36-29(19-23-7-15-28(40)16-8-23)31(41)38(4)21-30-37(3)17-18-39(30)20-24-5-11-26(34)12-6-24;3-2(4,5)1(6)7/h5-18,22,29H,19-21H2,1-4H3,(H2-,35,36,40,42,43);(H,6,7)/t29-;/m0./s1. The lowest BCUT2D eigenvalue weighted by molar-refractivity contribution is -0.679. The van der Waals surface area contributed by atoms with Crippen LogP contribution in [-0.2, 0) is 40.9 Å². The summed E-state index contributed by atoms with van der Waals surface area (Å²) in [5.74, 6) is -2.76. The lowest BCUT2D eigenvalue weighted by atomic mass is 10.0. The fourth-order valence-electron chi connectivity index (χ4n) is 4.61. The molecule has 1 atom stereocenters. The number of nitrogens with zero attached hydrogens (tertiary/aromatic N) is 3. The van der Waals surface area contributed by atoms with Gasteiger partial charge in [0.1, 0.15) is 43.2 Å². The fraction of sp³-hybridized carbons (Fsp3) is 0.286. The van der Waals surface area contributed by atoms with Crippen LogP contribution in [0.1, 0.15) is 41.2 Å². The molecule has 16 heteroatoms. The maximum Gasteiger partial charge on any atom is 0.430 e. The van der Waals surface area contributed by atoms with E-state index in [1.807, 2.05) is 48.3 Å². The molecule has 51 heavy (non-hydrogen) atoms. The number of anilines is 1. The first-order valence-electron chi connectivity index (χ1n) is 15.4. The molecule has 0 spiro atoms. The van der Waals surface area contributed by atoms with E-state index < -0.39 is 30.2 Å². The molecule has 0 saturated heterocycles. The second kappa shape index (κ2) is 17.9. The Morgan fingerprint density at radius 1 is 0.980 bits per heavy atom. The van der Waals surface area contributed by atoms with Crippen LogP contribution in [0.4, 0.5) is 23.7 Å². The van der Waals surface area contributed by atoms with Crippen molar-refractivity contribution in [1.29, 1.82) is 0 Å². The first kappa shape index (κ1) is 39.9. The number of carboxylic acids is 1. The van der Waals surface area contributed by atoms with Crippen molar-refractivity contribution in [3.8, 4) is 5.75 Å². The number of phenolic OH excluding ortho intramolecular Hbond substituents is 1. The number of aromatic nitrogens is 2. The summed E-state index contributed by atoms with van der Waals surface area (Å²) in [5, 5.41) is 24.7. The maximum atomic E-state index is 13.8. The van der Waals surface area contributed by atoms with Crippen LogP contribution in [-0.4, -0.2) is 63.8 Å². The van der Waals surface area contributed by atoms with Crippen LogP contribution in [0.3, 0.4) is 0 Å². The molecule has 1 aromatic heterocycles. The second-order valence-electron chi connectivity index (χ2n) is 11.6. The third-order valence-corrected chi connectivity index (χ3v) is 7.41. The molecule has 3 aromatic carbocycles. The Kier molecular flexibility index (Phi) is 14.0. The minimum Gasteiger partial charge on any atom is -0.542 e. The number of halogens is 4. The molecule has 4 aromatic rings. The Bertz CT molecular complexity index is 1800. The molecule has 1 heterocycles. The summed E-state index contributed by atoms with van der Waals surface area (Å²) in [4.78, 5) is 49.4. The third-order valence-electron chi connectivity index (χ3n) is 7.16. The lowest BCUT2D eigenvalue weighted by Gasteiger charge is -2.24. The number of aromatic hydroxyl groups is 1. The van der Waals surface area contributed by atoms with E-state index in [2.05, 4.69) is 15.2 Å². The normalized spacial score (nSPS) is 11.5. The van der Waals surface area contributed by atoms with Crippen LogP contribution in [0.25, 0.3) is 0 Å². The Morgan fingerprint density at radius 3 is 2.10 bits per heavy atom. The van der Waals surface area contributed by atoms with Gasteiger partial charge in [0, 0.05) is 24.2 Å². The number of nitrogens with one attached hydrogen (secondary N) is 2. The second-order valence-corrected chi connectivity index (χ2v) is 12.0. The monoisotopic (exact) mass is 731 g/mol. The molecule has 3 N–H and O–H groups in total. The van der Waals surface area contributed by atoms with Crippen molar-refractivity contribution < 1.29 is 51.9 Å². The topological polar surface area (TPSA) is 157 Å². The minimum absolute atomic E-state index is 0.106. The van der Waals surface area contributed by atoms with E-state index >= 15 is 0 Å². The zero-order valence-electron chi connectivity index (χ0n) is 28.1. The number of ether oxygens (including phenoxy) is 1. The summed E-state index contributed by atoms with van der Waals surface area (Å²) in [6.07, 6.45) is -1.36. The van der Waals surface area contributed by atoms with E-state index in [0.717, 1.165) is 17.0 Å². The predicted molar refractivity (Wildman–Crippen MR) is 178 cm³/mol. The smallest absolute Gasteiger partial charge is 0.430 e. The van der Waals surface area contributed by atoms with Crippen LogP contribution in [0.2, 0.25) is 5.02 Å². The first-order chi connectivity index (χ1) is 23.9. The summed E-state index contributed by atoms with van der Waals surface area (Å²) in [6, 6.07) is 18.9.